The molecule has 6 atom stereocenters. The molecule has 4 saturated heterocycles. The summed E-state index contributed by atoms with van der Waals surface area (Å²) in [6.07, 6.45) is 5.28. The van der Waals surface area contributed by atoms with Gasteiger partial charge in [-0.15, -0.1) is 0 Å². The Bertz CT molecular complexity index is 660. The van der Waals surface area contributed by atoms with Crippen molar-refractivity contribution < 1.29 is 29.4 Å². The molecule has 0 aromatic rings. The van der Waals surface area contributed by atoms with Crippen LogP contribution in [0.2, 0.25) is 0 Å². The fourth-order valence-electron chi connectivity index (χ4n) is 4.52. The number of hydrogen-bond donors (Lipinski definition) is 4. The van der Waals surface area contributed by atoms with Gasteiger partial charge in [0, 0.05) is 33.9 Å². The van der Waals surface area contributed by atoms with Crippen LogP contribution in [-0.4, -0.2) is 93.2 Å². The number of thioether (sulfide) groups is 2. The minimum absolute atomic E-state index is 0. The number of unbranched alkanes of at least 4 members (excludes halogenated alkanes) is 2. The van der Waals surface area contributed by atoms with Crippen molar-refractivity contribution in [2.45, 2.75) is 86.0 Å². The van der Waals surface area contributed by atoms with Gasteiger partial charge in [0.15, 0.2) is 0 Å². The topological polar surface area (TPSA) is 163 Å². The van der Waals surface area contributed by atoms with Crippen LogP contribution in [0, 0.1) is 0 Å². The summed E-state index contributed by atoms with van der Waals surface area (Å²) in [5.74, 6) is -0.0519. The molecule has 0 spiro atoms. The summed E-state index contributed by atoms with van der Waals surface area (Å²) in [5, 5.41) is 32.9. The molecule has 4 amide bonds. The van der Waals surface area contributed by atoms with E-state index in [1.165, 1.54) is 0 Å². The maximum absolute atomic E-state index is 11.1. The third-order valence-electron chi connectivity index (χ3n) is 6.12. The minimum Gasteiger partial charge on any atom is -0.550 e. The smallest absolute Gasteiger partial charge is 0.550 e. The first kappa shape index (κ1) is 28.2. The molecule has 0 aromatic heterocycles. The Morgan fingerprint density at radius 2 is 1.12 bits per heavy atom. The van der Waals surface area contributed by atoms with E-state index in [2.05, 4.69) is 21.3 Å². The van der Waals surface area contributed by atoms with Crippen molar-refractivity contribution in [1.82, 2.24) is 21.3 Å². The summed E-state index contributed by atoms with van der Waals surface area (Å²) < 4.78 is 0. The van der Waals surface area contributed by atoms with Crippen LogP contribution in [-0.2, 0) is 9.59 Å². The van der Waals surface area contributed by atoms with Crippen molar-refractivity contribution in [2.75, 3.05) is 11.5 Å². The van der Waals surface area contributed by atoms with Gasteiger partial charge in [-0.2, -0.15) is 23.5 Å². The molecular weight excluding hydrogens is 481 g/mol. The van der Waals surface area contributed by atoms with Crippen LogP contribution >= 0.6 is 23.5 Å². The van der Waals surface area contributed by atoms with Gasteiger partial charge >= 0.3 is 35.1 Å². The van der Waals surface area contributed by atoms with Crippen LogP contribution in [0.15, 0.2) is 0 Å². The third kappa shape index (κ3) is 8.59. The van der Waals surface area contributed by atoms with E-state index in [-0.39, 0.29) is 72.1 Å². The Hall–Kier alpha value is -1.05. The van der Waals surface area contributed by atoms with Crippen molar-refractivity contribution in [1.29, 1.82) is 0 Å². The van der Waals surface area contributed by atoms with Crippen LogP contribution in [0.5, 0.6) is 0 Å². The summed E-state index contributed by atoms with van der Waals surface area (Å²) in [6, 6.07) is 0.804. The second-order valence-electron chi connectivity index (χ2n) is 8.48. The van der Waals surface area contributed by atoms with Crippen LogP contribution < -0.4 is 31.5 Å². The summed E-state index contributed by atoms with van der Waals surface area (Å²) >= 11 is 3.71. The normalized spacial score (nSPS) is 31.0. The van der Waals surface area contributed by atoms with Gasteiger partial charge in [0.2, 0.25) is 0 Å². The van der Waals surface area contributed by atoms with Gasteiger partial charge in [-0.1, -0.05) is 12.8 Å². The zero-order valence-corrected chi connectivity index (χ0v) is 21.6. The number of carbonyl (C=O) groups is 4. The second-order valence-corrected chi connectivity index (χ2v) is 11.0. The number of rotatable bonds is 10. The Kier molecular flexibility index (Phi) is 11.7. The predicted molar refractivity (Wildman–Crippen MR) is 124 cm³/mol. The zero-order valence-electron chi connectivity index (χ0n) is 18.5. The van der Waals surface area contributed by atoms with Gasteiger partial charge < -0.3 is 41.1 Å². The van der Waals surface area contributed by atoms with E-state index in [9.17, 15) is 29.4 Å². The molecule has 0 aromatic carbocycles. The van der Waals surface area contributed by atoms with Crippen molar-refractivity contribution in [3.05, 3.63) is 0 Å². The maximum atomic E-state index is 11.1. The van der Waals surface area contributed by atoms with Crippen molar-refractivity contribution in [3.63, 3.8) is 0 Å². The standard InChI is InChI=1S/2C10H16N2O3S.Mg/c2*13-8(14)4-2-1-3-7-9-6(5-16-7)11-10(15)12-9;/h2*6-7,9H,1-5H2,(H,13,14)(H2,11,12,15);/q;;+2/p-2/t2*6-,7-,9-;/m00./s1. The molecule has 4 rings (SSSR count). The first-order valence-electron chi connectivity index (χ1n) is 11.1. The fourth-order valence-corrected chi connectivity index (χ4v) is 7.60. The first-order valence-corrected chi connectivity index (χ1v) is 13.2. The van der Waals surface area contributed by atoms with Crippen LogP contribution in [0.1, 0.15) is 51.4 Å². The van der Waals surface area contributed by atoms with E-state index in [1.807, 2.05) is 23.5 Å². The molecule has 4 N–H and O–H groups in total. The van der Waals surface area contributed by atoms with Crippen LogP contribution in [0.4, 0.5) is 9.59 Å². The number of carbonyl (C=O) groups excluding carboxylic acids is 4. The average Bonchev–Trinajstić information content (AvgIpc) is 3.45. The molecule has 0 radical (unpaired) electrons. The molecular formula is C20H30MgN4O6S2. The van der Waals surface area contributed by atoms with Gasteiger partial charge in [-0.3, -0.25) is 0 Å². The molecule has 0 unspecified atom stereocenters. The first-order chi connectivity index (χ1) is 15.3. The molecule has 0 bridgehead atoms. The summed E-state index contributed by atoms with van der Waals surface area (Å²) in [4.78, 5) is 42.7. The largest absolute Gasteiger partial charge is 2.00 e. The number of amides is 4. The van der Waals surface area contributed by atoms with E-state index in [1.54, 1.807) is 0 Å². The van der Waals surface area contributed by atoms with Crippen molar-refractivity contribution >= 4 is 70.6 Å². The number of carboxylic acids is 2. The zero-order chi connectivity index (χ0) is 23.1. The van der Waals surface area contributed by atoms with Gasteiger partial charge in [-0.25, -0.2) is 9.59 Å². The number of fused-ring (bicyclic) bond motifs is 2. The van der Waals surface area contributed by atoms with E-state index in [0.29, 0.717) is 23.3 Å². The Labute approximate surface area is 218 Å². The maximum Gasteiger partial charge on any atom is 2.00 e. The SMILES string of the molecule is O=C([O-])CCCC[C@@H]1SC[C@@H]2NC(=O)N[C@@H]21.O=C([O-])CCCC[C@@H]1SC[C@@H]2NC(=O)N[C@@H]21.[Mg+2]. The molecule has 10 nitrogen and oxygen atoms in total. The molecule has 0 aliphatic carbocycles. The molecule has 4 heterocycles. The molecule has 4 fully saturated rings. The molecule has 4 aliphatic rings. The van der Waals surface area contributed by atoms with E-state index in [0.717, 1.165) is 37.2 Å². The summed E-state index contributed by atoms with van der Waals surface area (Å²) in [7, 11) is 0. The summed E-state index contributed by atoms with van der Waals surface area (Å²) in [5.41, 5.74) is 0. The van der Waals surface area contributed by atoms with Gasteiger partial charge in [0.1, 0.15) is 0 Å². The number of hydrogen-bond acceptors (Lipinski definition) is 8. The van der Waals surface area contributed by atoms with E-state index >= 15 is 0 Å². The van der Waals surface area contributed by atoms with E-state index in [4.69, 9.17) is 0 Å². The monoisotopic (exact) mass is 510 g/mol. The Morgan fingerprint density at radius 1 is 0.727 bits per heavy atom. The minimum atomic E-state index is -0.979. The predicted octanol–water partition coefficient (Wildman–Crippen LogP) is -1.46. The van der Waals surface area contributed by atoms with Crippen LogP contribution in [0.25, 0.3) is 0 Å². The Balaban J connectivity index is 0.000000227. The fraction of sp³-hybridized carbons (Fsp3) is 0.800. The quantitative estimate of drug-likeness (QED) is 0.157. The van der Waals surface area contributed by atoms with Crippen molar-refractivity contribution in [2.24, 2.45) is 0 Å². The molecule has 33 heavy (non-hydrogen) atoms. The number of urea groups is 2. The molecule has 0 saturated carbocycles. The second kappa shape index (κ2) is 13.7. The Morgan fingerprint density at radius 3 is 1.48 bits per heavy atom. The van der Waals surface area contributed by atoms with E-state index < -0.39 is 11.9 Å². The van der Waals surface area contributed by atoms with Gasteiger partial charge in [0.05, 0.1) is 24.2 Å². The number of nitrogens with one attached hydrogen (secondary N) is 4. The molecule has 4 aliphatic heterocycles. The number of aliphatic carboxylic acids is 2. The average molecular weight is 511 g/mol. The number of carboxylic acid groups (broad SMARTS) is 2. The molecule has 13 heteroatoms. The van der Waals surface area contributed by atoms with Crippen molar-refractivity contribution in [3.8, 4) is 0 Å². The van der Waals surface area contributed by atoms with Gasteiger partial charge in [0.25, 0.3) is 0 Å². The summed E-state index contributed by atoms with van der Waals surface area (Å²) in [6.45, 7) is 0. The molecule has 180 valence electrons. The van der Waals surface area contributed by atoms with Gasteiger partial charge in [-0.05, 0) is 38.5 Å². The van der Waals surface area contributed by atoms with Crippen LogP contribution in [0.3, 0.4) is 0 Å². The third-order valence-corrected chi connectivity index (χ3v) is 9.13.